The summed E-state index contributed by atoms with van der Waals surface area (Å²) >= 11 is 0. The molecule has 21 heavy (non-hydrogen) atoms. The minimum absolute atomic E-state index is 0.0104. The van der Waals surface area contributed by atoms with Gasteiger partial charge in [0.15, 0.2) is 6.10 Å². The Morgan fingerprint density at radius 3 is 2.48 bits per heavy atom. The molecule has 2 rings (SSSR count). The number of hydrogen-bond acceptors (Lipinski definition) is 3. The van der Waals surface area contributed by atoms with Gasteiger partial charge in [-0.25, -0.2) is 0 Å². The lowest BCUT2D eigenvalue weighted by atomic mass is 9.78. The first-order valence-electron chi connectivity index (χ1n) is 7.07. The van der Waals surface area contributed by atoms with Gasteiger partial charge in [-0.15, -0.1) is 0 Å². The molecule has 1 saturated heterocycles. The van der Waals surface area contributed by atoms with Crippen LogP contribution in [0.15, 0.2) is 0 Å². The third kappa shape index (κ3) is 3.66. The number of halogens is 3. The number of amides is 2. The van der Waals surface area contributed by atoms with E-state index in [1.807, 2.05) is 0 Å². The number of rotatable bonds is 2. The Hall–Kier alpha value is -1.31. The first-order valence-corrected chi connectivity index (χ1v) is 7.07. The van der Waals surface area contributed by atoms with E-state index < -0.39 is 35.9 Å². The van der Waals surface area contributed by atoms with Gasteiger partial charge in [-0.3, -0.25) is 9.59 Å². The Morgan fingerprint density at radius 2 is 1.86 bits per heavy atom. The van der Waals surface area contributed by atoms with Crippen LogP contribution in [0.2, 0.25) is 0 Å². The molecule has 0 spiro atoms. The monoisotopic (exact) mass is 308 g/mol. The normalized spacial score (nSPS) is 31.0. The van der Waals surface area contributed by atoms with Gasteiger partial charge in [0.2, 0.25) is 11.8 Å². The summed E-state index contributed by atoms with van der Waals surface area (Å²) in [7, 11) is 0. The molecule has 0 radical (unpaired) electrons. The molecule has 0 aromatic carbocycles. The first kappa shape index (κ1) is 16.1. The van der Waals surface area contributed by atoms with Gasteiger partial charge in [-0.1, -0.05) is 12.8 Å². The van der Waals surface area contributed by atoms with Crippen LogP contribution >= 0.6 is 0 Å². The summed E-state index contributed by atoms with van der Waals surface area (Å²) in [5.74, 6) is -3.88. The maximum Gasteiger partial charge on any atom is 0.392 e. The van der Waals surface area contributed by atoms with Gasteiger partial charge in [0.05, 0.1) is 19.1 Å². The fraction of sp³-hybridized carbons (Fsp3) is 0.846. The van der Waals surface area contributed by atoms with Crippen LogP contribution in [-0.4, -0.2) is 48.7 Å². The average molecular weight is 308 g/mol. The van der Waals surface area contributed by atoms with E-state index in [0.717, 1.165) is 0 Å². The molecular formula is C13H19F3N2O3. The van der Waals surface area contributed by atoms with Crippen molar-refractivity contribution in [2.24, 2.45) is 17.6 Å². The third-order valence-electron chi connectivity index (χ3n) is 4.20. The highest BCUT2D eigenvalue weighted by Crippen LogP contribution is 2.42. The van der Waals surface area contributed by atoms with Crippen LogP contribution in [0.25, 0.3) is 0 Å². The molecule has 2 N–H and O–H groups in total. The molecule has 3 atom stereocenters. The predicted molar refractivity (Wildman–Crippen MR) is 67.0 cm³/mol. The van der Waals surface area contributed by atoms with E-state index in [1.165, 1.54) is 4.90 Å². The lowest BCUT2D eigenvalue weighted by Gasteiger charge is -2.38. The number of alkyl halides is 3. The van der Waals surface area contributed by atoms with Crippen molar-refractivity contribution in [1.82, 2.24) is 4.90 Å². The lowest BCUT2D eigenvalue weighted by Crippen LogP contribution is -2.53. The SMILES string of the molecule is NC(=O)C1CN(C(=O)C2CCCCC2C(F)(F)F)CCO1. The van der Waals surface area contributed by atoms with Crippen LogP contribution < -0.4 is 5.73 Å². The van der Waals surface area contributed by atoms with Gasteiger partial charge in [0, 0.05) is 12.5 Å². The fourth-order valence-corrected chi connectivity index (χ4v) is 3.07. The number of nitrogens with zero attached hydrogens (tertiary/aromatic N) is 1. The molecule has 120 valence electrons. The standard InChI is InChI=1S/C13H19F3N2O3/c14-13(15,16)9-4-2-1-3-8(9)12(20)18-5-6-21-10(7-18)11(17)19/h8-10H,1-7H2,(H2,17,19). The maximum absolute atomic E-state index is 13.1. The number of nitrogens with two attached hydrogens (primary N) is 1. The van der Waals surface area contributed by atoms with Crippen molar-refractivity contribution >= 4 is 11.8 Å². The molecule has 0 aromatic heterocycles. The summed E-state index contributed by atoms with van der Waals surface area (Å²) < 4.78 is 44.3. The number of hydrogen-bond donors (Lipinski definition) is 1. The van der Waals surface area contributed by atoms with Crippen LogP contribution in [0.5, 0.6) is 0 Å². The Kier molecular flexibility index (Phi) is 4.75. The smallest absolute Gasteiger partial charge is 0.367 e. The largest absolute Gasteiger partial charge is 0.392 e. The summed E-state index contributed by atoms with van der Waals surface area (Å²) in [6, 6.07) is 0. The van der Waals surface area contributed by atoms with Gasteiger partial charge in [-0.2, -0.15) is 13.2 Å². The van der Waals surface area contributed by atoms with E-state index in [-0.39, 0.29) is 32.5 Å². The fourth-order valence-electron chi connectivity index (χ4n) is 3.07. The zero-order chi connectivity index (χ0) is 15.6. The van der Waals surface area contributed by atoms with Gasteiger partial charge in [-0.05, 0) is 12.8 Å². The van der Waals surface area contributed by atoms with Crippen LogP contribution in [0, 0.1) is 11.8 Å². The molecule has 3 unspecified atom stereocenters. The number of carbonyl (C=O) groups is 2. The van der Waals surface area contributed by atoms with Gasteiger partial charge >= 0.3 is 6.18 Å². The molecule has 1 heterocycles. The van der Waals surface area contributed by atoms with E-state index in [9.17, 15) is 22.8 Å². The van der Waals surface area contributed by atoms with Gasteiger partial charge in [0.25, 0.3) is 0 Å². The molecule has 1 aliphatic carbocycles. The van der Waals surface area contributed by atoms with Crippen molar-refractivity contribution in [3.8, 4) is 0 Å². The van der Waals surface area contributed by atoms with Crippen molar-refractivity contribution in [3.05, 3.63) is 0 Å². The summed E-state index contributed by atoms with van der Waals surface area (Å²) in [5, 5.41) is 0. The molecule has 2 aliphatic rings. The highest BCUT2D eigenvalue weighted by atomic mass is 19.4. The average Bonchev–Trinajstić information content (AvgIpc) is 2.45. The predicted octanol–water partition coefficient (Wildman–Crippen LogP) is 1.07. The zero-order valence-electron chi connectivity index (χ0n) is 11.6. The lowest BCUT2D eigenvalue weighted by molar-refractivity contribution is -0.202. The molecule has 0 bridgehead atoms. The number of ether oxygens (including phenoxy) is 1. The molecule has 0 aromatic rings. The summed E-state index contributed by atoms with van der Waals surface area (Å²) in [4.78, 5) is 24.8. The van der Waals surface area contributed by atoms with Crippen LogP contribution in [0.4, 0.5) is 13.2 Å². The number of morpholine rings is 1. The highest BCUT2D eigenvalue weighted by molar-refractivity contribution is 5.83. The molecule has 2 fully saturated rings. The third-order valence-corrected chi connectivity index (χ3v) is 4.20. The first-order chi connectivity index (χ1) is 9.80. The molecule has 5 nitrogen and oxygen atoms in total. The van der Waals surface area contributed by atoms with E-state index in [4.69, 9.17) is 10.5 Å². The van der Waals surface area contributed by atoms with Crippen molar-refractivity contribution in [1.29, 1.82) is 0 Å². The van der Waals surface area contributed by atoms with Crippen molar-refractivity contribution < 1.29 is 27.5 Å². The van der Waals surface area contributed by atoms with Gasteiger partial charge in [0.1, 0.15) is 0 Å². The van der Waals surface area contributed by atoms with E-state index in [1.54, 1.807) is 0 Å². The molecule has 8 heteroatoms. The molecule has 1 aliphatic heterocycles. The van der Waals surface area contributed by atoms with Crippen LogP contribution in [0.3, 0.4) is 0 Å². The Labute approximate surface area is 120 Å². The second kappa shape index (κ2) is 6.21. The quantitative estimate of drug-likeness (QED) is 0.829. The molecule has 2 amide bonds. The number of carbonyl (C=O) groups excluding carboxylic acids is 2. The van der Waals surface area contributed by atoms with Crippen LogP contribution in [0.1, 0.15) is 25.7 Å². The maximum atomic E-state index is 13.1. The molecule has 1 saturated carbocycles. The second-order valence-corrected chi connectivity index (χ2v) is 5.59. The Morgan fingerprint density at radius 1 is 1.19 bits per heavy atom. The van der Waals surface area contributed by atoms with Gasteiger partial charge < -0.3 is 15.4 Å². The Balaban J connectivity index is 2.08. The van der Waals surface area contributed by atoms with E-state index >= 15 is 0 Å². The van der Waals surface area contributed by atoms with Crippen molar-refractivity contribution in [3.63, 3.8) is 0 Å². The molecular weight excluding hydrogens is 289 g/mol. The second-order valence-electron chi connectivity index (χ2n) is 5.59. The number of primary amides is 1. The summed E-state index contributed by atoms with van der Waals surface area (Å²) in [6.45, 7) is 0.252. The minimum atomic E-state index is -4.36. The highest BCUT2D eigenvalue weighted by Gasteiger charge is 2.49. The van der Waals surface area contributed by atoms with Crippen molar-refractivity contribution in [2.45, 2.75) is 38.0 Å². The topological polar surface area (TPSA) is 72.6 Å². The summed E-state index contributed by atoms with van der Waals surface area (Å²) in [6.07, 6.45) is -3.97. The van der Waals surface area contributed by atoms with E-state index in [0.29, 0.717) is 12.8 Å². The zero-order valence-corrected chi connectivity index (χ0v) is 11.6. The minimum Gasteiger partial charge on any atom is -0.367 e. The van der Waals surface area contributed by atoms with Crippen molar-refractivity contribution in [2.75, 3.05) is 19.7 Å². The summed E-state index contributed by atoms with van der Waals surface area (Å²) in [5.41, 5.74) is 5.12. The van der Waals surface area contributed by atoms with Crippen LogP contribution in [-0.2, 0) is 14.3 Å². The van der Waals surface area contributed by atoms with E-state index in [2.05, 4.69) is 0 Å². The Bertz CT molecular complexity index is 414.